The number of hydrogen-bond donors (Lipinski definition) is 0. The summed E-state index contributed by atoms with van der Waals surface area (Å²) in [5.41, 5.74) is 1.72. The van der Waals surface area contributed by atoms with Crippen LogP contribution >= 0.6 is 11.6 Å². The van der Waals surface area contributed by atoms with E-state index >= 15 is 0 Å². The first-order valence-corrected chi connectivity index (χ1v) is 10.9. The van der Waals surface area contributed by atoms with Crippen molar-refractivity contribution in [3.63, 3.8) is 0 Å². The summed E-state index contributed by atoms with van der Waals surface area (Å²) >= 11 is 6.13. The molecule has 3 aromatic carbocycles. The summed E-state index contributed by atoms with van der Waals surface area (Å²) in [6.07, 6.45) is 2.68. The second-order valence-corrected chi connectivity index (χ2v) is 8.67. The number of amides is 1. The Balaban J connectivity index is 2.05. The highest BCUT2D eigenvalue weighted by Crippen LogP contribution is 2.27. The van der Waals surface area contributed by atoms with Crippen LogP contribution in [0.2, 0.25) is 5.02 Å². The minimum atomic E-state index is -4.15. The van der Waals surface area contributed by atoms with Gasteiger partial charge < -0.3 is 4.74 Å². The zero-order valence-electron chi connectivity index (χ0n) is 16.4. The maximum Gasteiger partial charge on any atom is 0.271 e. The number of anilines is 1. The molecular weight excluding hydrogens is 422 g/mol. The second kappa shape index (κ2) is 9.15. The molecule has 3 rings (SSSR count). The van der Waals surface area contributed by atoms with Crippen molar-refractivity contribution in [2.24, 2.45) is 0 Å². The summed E-state index contributed by atoms with van der Waals surface area (Å²) in [4.78, 5) is 13.1. The van der Waals surface area contributed by atoms with Gasteiger partial charge in [-0.25, -0.2) is 8.42 Å². The molecule has 0 aliphatic carbocycles. The van der Waals surface area contributed by atoms with E-state index in [0.717, 1.165) is 9.87 Å². The maximum atomic E-state index is 13.3. The van der Waals surface area contributed by atoms with Gasteiger partial charge in [0.15, 0.2) is 0 Å². The van der Waals surface area contributed by atoms with Crippen molar-refractivity contribution in [2.45, 2.75) is 11.8 Å². The Morgan fingerprint density at radius 1 is 0.967 bits per heavy atom. The van der Waals surface area contributed by atoms with Crippen LogP contribution < -0.4 is 9.04 Å². The third-order valence-electron chi connectivity index (χ3n) is 4.38. The standard InChI is InChI=1S/C23H20ClNO4S/c1-17-7-14-21(15-8-17)30(27,28)25(19-10-12-20(29-2)13-11-19)23(26)16-9-18-5-3-4-6-22(18)24/h3-16H,1-2H3. The van der Waals surface area contributed by atoms with Gasteiger partial charge in [-0.15, -0.1) is 0 Å². The molecule has 0 aliphatic rings. The van der Waals surface area contributed by atoms with E-state index in [2.05, 4.69) is 0 Å². The third-order valence-corrected chi connectivity index (χ3v) is 6.46. The molecule has 0 saturated carbocycles. The van der Waals surface area contributed by atoms with Crippen molar-refractivity contribution in [1.29, 1.82) is 0 Å². The Labute approximate surface area is 181 Å². The third kappa shape index (κ3) is 4.72. The lowest BCUT2D eigenvalue weighted by atomic mass is 10.2. The minimum absolute atomic E-state index is 0.0170. The van der Waals surface area contributed by atoms with Crippen molar-refractivity contribution in [3.8, 4) is 5.75 Å². The van der Waals surface area contributed by atoms with Gasteiger partial charge in [-0.05, 0) is 61.0 Å². The van der Waals surface area contributed by atoms with E-state index < -0.39 is 15.9 Å². The van der Waals surface area contributed by atoms with Gasteiger partial charge in [0.05, 0.1) is 17.7 Å². The highest BCUT2D eigenvalue weighted by Gasteiger charge is 2.29. The van der Waals surface area contributed by atoms with Crippen LogP contribution in [-0.4, -0.2) is 21.4 Å². The van der Waals surface area contributed by atoms with E-state index in [1.807, 2.05) is 6.92 Å². The monoisotopic (exact) mass is 441 g/mol. The molecular formula is C23H20ClNO4S. The van der Waals surface area contributed by atoms with Crippen molar-refractivity contribution in [2.75, 3.05) is 11.4 Å². The Morgan fingerprint density at radius 3 is 2.20 bits per heavy atom. The van der Waals surface area contributed by atoms with Crippen molar-refractivity contribution in [1.82, 2.24) is 0 Å². The van der Waals surface area contributed by atoms with E-state index in [0.29, 0.717) is 16.3 Å². The molecule has 30 heavy (non-hydrogen) atoms. The number of carbonyl (C=O) groups is 1. The first-order valence-electron chi connectivity index (χ1n) is 9.05. The molecule has 0 bridgehead atoms. The first-order chi connectivity index (χ1) is 14.3. The molecule has 0 aromatic heterocycles. The van der Waals surface area contributed by atoms with Crippen LogP contribution in [0.5, 0.6) is 5.75 Å². The number of rotatable bonds is 6. The molecule has 5 nitrogen and oxygen atoms in total. The van der Waals surface area contributed by atoms with Gasteiger partial charge in [0.2, 0.25) is 0 Å². The SMILES string of the molecule is COc1ccc(N(C(=O)C=Cc2ccccc2Cl)S(=O)(=O)c2ccc(C)cc2)cc1. The largest absolute Gasteiger partial charge is 0.497 e. The van der Waals surface area contributed by atoms with Gasteiger partial charge in [0.1, 0.15) is 5.75 Å². The predicted molar refractivity (Wildman–Crippen MR) is 119 cm³/mol. The fourth-order valence-corrected chi connectivity index (χ4v) is 4.34. The van der Waals surface area contributed by atoms with Crippen LogP contribution in [-0.2, 0) is 14.8 Å². The van der Waals surface area contributed by atoms with E-state index in [1.54, 1.807) is 48.5 Å². The van der Waals surface area contributed by atoms with Crippen LogP contribution in [0.3, 0.4) is 0 Å². The van der Waals surface area contributed by atoms with Crippen molar-refractivity contribution >= 4 is 39.3 Å². The smallest absolute Gasteiger partial charge is 0.271 e. The highest BCUT2D eigenvalue weighted by molar-refractivity contribution is 7.93. The molecule has 3 aromatic rings. The fourth-order valence-electron chi connectivity index (χ4n) is 2.76. The summed E-state index contributed by atoms with van der Waals surface area (Å²) in [5, 5.41) is 0.457. The summed E-state index contributed by atoms with van der Waals surface area (Å²) in [7, 11) is -2.64. The Morgan fingerprint density at radius 2 is 1.60 bits per heavy atom. The summed E-state index contributed by atoms with van der Waals surface area (Å²) in [6.45, 7) is 1.86. The number of methoxy groups -OCH3 is 1. The van der Waals surface area contributed by atoms with Gasteiger partial charge in [-0.2, -0.15) is 4.31 Å². The van der Waals surface area contributed by atoms with E-state index in [9.17, 15) is 13.2 Å². The summed E-state index contributed by atoms with van der Waals surface area (Å²) < 4.78 is 32.6. The van der Waals surface area contributed by atoms with Gasteiger partial charge in [0, 0.05) is 11.1 Å². The molecule has 0 fully saturated rings. The lowest BCUT2D eigenvalue weighted by molar-refractivity contribution is -0.113. The molecule has 0 unspecified atom stereocenters. The number of nitrogens with zero attached hydrogens (tertiary/aromatic N) is 1. The topological polar surface area (TPSA) is 63.7 Å². The molecule has 0 spiro atoms. The molecule has 0 radical (unpaired) electrons. The zero-order valence-corrected chi connectivity index (χ0v) is 18.0. The number of ether oxygens (including phenoxy) is 1. The molecule has 0 N–H and O–H groups in total. The normalized spacial score (nSPS) is 11.4. The zero-order chi connectivity index (χ0) is 21.7. The number of benzene rings is 3. The summed E-state index contributed by atoms with van der Waals surface area (Å²) in [6, 6.07) is 19.5. The second-order valence-electron chi connectivity index (χ2n) is 6.47. The molecule has 0 aliphatic heterocycles. The first kappa shape index (κ1) is 21.6. The van der Waals surface area contributed by atoms with Crippen LogP contribution in [0.1, 0.15) is 11.1 Å². The lowest BCUT2D eigenvalue weighted by Crippen LogP contribution is -2.35. The van der Waals surface area contributed by atoms with E-state index in [-0.39, 0.29) is 10.6 Å². The quantitative estimate of drug-likeness (QED) is 0.499. The number of aryl methyl sites for hydroxylation is 1. The molecule has 0 heterocycles. The van der Waals surface area contributed by atoms with Gasteiger partial charge >= 0.3 is 0 Å². The Bertz CT molecular complexity index is 1170. The lowest BCUT2D eigenvalue weighted by Gasteiger charge is -2.21. The number of sulfonamides is 1. The van der Waals surface area contributed by atoms with Gasteiger partial charge in [-0.3, -0.25) is 4.79 Å². The average molecular weight is 442 g/mol. The average Bonchev–Trinajstić information content (AvgIpc) is 2.74. The number of halogens is 1. The van der Waals surface area contributed by atoms with E-state index in [1.165, 1.54) is 43.5 Å². The van der Waals surface area contributed by atoms with Crippen molar-refractivity contribution < 1.29 is 17.9 Å². The molecule has 1 amide bonds. The fraction of sp³-hybridized carbons (Fsp3) is 0.0870. The number of carbonyl (C=O) groups excluding carboxylic acids is 1. The van der Waals surface area contributed by atoms with Crippen LogP contribution in [0.4, 0.5) is 5.69 Å². The number of hydrogen-bond acceptors (Lipinski definition) is 4. The van der Waals surface area contributed by atoms with Crippen LogP contribution in [0.25, 0.3) is 6.08 Å². The van der Waals surface area contributed by atoms with Crippen molar-refractivity contribution in [3.05, 3.63) is 95.0 Å². The molecule has 0 saturated heterocycles. The molecule has 154 valence electrons. The highest BCUT2D eigenvalue weighted by atomic mass is 35.5. The maximum absolute atomic E-state index is 13.3. The Hall–Kier alpha value is -3.09. The van der Waals surface area contributed by atoms with E-state index in [4.69, 9.17) is 16.3 Å². The van der Waals surface area contributed by atoms with Gasteiger partial charge in [-0.1, -0.05) is 47.5 Å². The Kier molecular flexibility index (Phi) is 6.59. The van der Waals surface area contributed by atoms with Crippen LogP contribution in [0, 0.1) is 6.92 Å². The van der Waals surface area contributed by atoms with Crippen LogP contribution in [0.15, 0.2) is 83.8 Å². The summed E-state index contributed by atoms with van der Waals surface area (Å²) in [5.74, 6) is -0.175. The molecule has 0 atom stereocenters. The predicted octanol–water partition coefficient (Wildman–Crippen LogP) is 5.09. The van der Waals surface area contributed by atoms with Gasteiger partial charge in [0.25, 0.3) is 15.9 Å². The molecule has 7 heteroatoms. The minimum Gasteiger partial charge on any atom is -0.497 e.